The molecule has 1 N–H and O–H groups in total. The fraction of sp³-hybridized carbons (Fsp3) is 0.722. The summed E-state index contributed by atoms with van der Waals surface area (Å²) < 4.78 is 22.8. The van der Waals surface area contributed by atoms with E-state index in [1.165, 1.54) is 4.90 Å². The normalized spacial score (nSPS) is 21.3. The van der Waals surface area contributed by atoms with E-state index in [-0.39, 0.29) is 49.3 Å². The van der Waals surface area contributed by atoms with Crippen LogP contribution < -0.4 is 19.9 Å². The number of rotatable bonds is 13. The number of methoxy groups -OCH3 is 1. The molecule has 2 heterocycles. The van der Waals surface area contributed by atoms with Crippen molar-refractivity contribution < 1.29 is 38.1 Å². The Morgan fingerprint density at radius 2 is 1.81 bits per heavy atom. The number of nitrogens with zero attached hydrogens (tertiary/aromatic N) is 3. The molecular formula is C36H56N4O8. The van der Waals surface area contributed by atoms with Crippen molar-refractivity contribution in [3.8, 4) is 5.75 Å². The van der Waals surface area contributed by atoms with Gasteiger partial charge in [-0.2, -0.15) is 0 Å². The number of amides is 4. The quantitative estimate of drug-likeness (QED) is 0.297. The van der Waals surface area contributed by atoms with Crippen molar-refractivity contribution in [3.05, 3.63) is 18.2 Å². The lowest BCUT2D eigenvalue weighted by Gasteiger charge is -2.40. The number of benzene rings is 1. The van der Waals surface area contributed by atoms with Crippen LogP contribution in [0.1, 0.15) is 81.1 Å². The van der Waals surface area contributed by atoms with Crippen LogP contribution in [0.3, 0.4) is 0 Å². The third-order valence-corrected chi connectivity index (χ3v) is 8.74. The van der Waals surface area contributed by atoms with Crippen molar-refractivity contribution in [2.75, 3.05) is 56.4 Å². The summed E-state index contributed by atoms with van der Waals surface area (Å²) >= 11 is 0. The van der Waals surface area contributed by atoms with E-state index in [0.717, 1.165) is 19.3 Å². The maximum Gasteiger partial charge on any atom is 0.410 e. The topological polar surface area (TPSA) is 127 Å². The fourth-order valence-electron chi connectivity index (χ4n) is 6.48. The van der Waals surface area contributed by atoms with E-state index < -0.39 is 29.1 Å². The highest BCUT2D eigenvalue weighted by molar-refractivity contribution is 6.04. The minimum absolute atomic E-state index is 0.0228. The zero-order valence-corrected chi connectivity index (χ0v) is 30.3. The fourth-order valence-corrected chi connectivity index (χ4v) is 6.48. The maximum atomic E-state index is 14.6. The Morgan fingerprint density at radius 3 is 2.42 bits per heavy atom. The van der Waals surface area contributed by atoms with Gasteiger partial charge in [-0.05, 0) is 91.3 Å². The van der Waals surface area contributed by atoms with E-state index in [1.54, 1.807) is 51.5 Å². The highest BCUT2D eigenvalue weighted by Crippen LogP contribution is 2.43. The number of fused-ring (bicyclic) bond motifs is 1. The summed E-state index contributed by atoms with van der Waals surface area (Å²) in [5.74, 6) is -0.915. The first-order chi connectivity index (χ1) is 22.5. The molecule has 48 heavy (non-hydrogen) atoms. The maximum absolute atomic E-state index is 14.6. The average molecular weight is 673 g/mol. The largest absolute Gasteiger partial charge is 0.476 e. The van der Waals surface area contributed by atoms with Gasteiger partial charge < -0.3 is 39.0 Å². The van der Waals surface area contributed by atoms with Gasteiger partial charge in [-0.3, -0.25) is 14.4 Å². The summed E-state index contributed by atoms with van der Waals surface area (Å²) in [6.07, 6.45) is 2.14. The summed E-state index contributed by atoms with van der Waals surface area (Å²) in [5.41, 5.74) is -0.558. The SMILES string of the molecule is CCOCCN1C(=O)C(C)(C)Oc2ccc(N(C(=O)[C@@H]3C[C@H](C(=O)NC(COC)CC(C)C)CN(C(=O)OC(C)(C)C)C3)C3CC3)cc21. The zero-order valence-electron chi connectivity index (χ0n) is 30.3. The van der Waals surface area contributed by atoms with E-state index >= 15 is 0 Å². The van der Waals surface area contributed by atoms with E-state index in [9.17, 15) is 19.2 Å². The lowest BCUT2D eigenvalue weighted by molar-refractivity contribution is -0.133. The minimum atomic E-state index is -1.05. The predicted octanol–water partition coefficient (Wildman–Crippen LogP) is 4.77. The van der Waals surface area contributed by atoms with Crippen molar-refractivity contribution in [2.24, 2.45) is 17.8 Å². The lowest BCUT2D eigenvalue weighted by atomic mass is 9.87. The molecule has 12 heteroatoms. The number of likely N-dealkylation sites (tertiary alicyclic amines) is 1. The summed E-state index contributed by atoms with van der Waals surface area (Å²) in [5, 5.41) is 3.12. The van der Waals surface area contributed by atoms with E-state index in [2.05, 4.69) is 19.2 Å². The van der Waals surface area contributed by atoms with Gasteiger partial charge in [0.15, 0.2) is 5.60 Å². The number of hydrogen-bond donors (Lipinski definition) is 1. The van der Waals surface area contributed by atoms with Gasteiger partial charge in [0.2, 0.25) is 11.8 Å². The first-order valence-electron chi connectivity index (χ1n) is 17.4. The van der Waals surface area contributed by atoms with E-state index in [0.29, 0.717) is 49.4 Å². The third-order valence-electron chi connectivity index (χ3n) is 8.74. The first-order valence-corrected chi connectivity index (χ1v) is 17.4. The molecule has 1 aliphatic carbocycles. The van der Waals surface area contributed by atoms with Crippen LogP contribution in [0.5, 0.6) is 5.75 Å². The number of ether oxygens (including phenoxy) is 4. The van der Waals surface area contributed by atoms with Gasteiger partial charge in [0.1, 0.15) is 11.4 Å². The van der Waals surface area contributed by atoms with Gasteiger partial charge in [0.25, 0.3) is 5.91 Å². The average Bonchev–Trinajstić information content (AvgIpc) is 3.83. The van der Waals surface area contributed by atoms with Crippen LogP contribution in [0.15, 0.2) is 18.2 Å². The van der Waals surface area contributed by atoms with Gasteiger partial charge in [-0.25, -0.2) is 4.79 Å². The van der Waals surface area contributed by atoms with E-state index in [4.69, 9.17) is 18.9 Å². The number of carbonyl (C=O) groups excluding carboxylic acids is 4. The highest BCUT2D eigenvalue weighted by atomic mass is 16.6. The molecule has 0 radical (unpaired) electrons. The Labute approximate surface area is 285 Å². The molecule has 1 aromatic carbocycles. The van der Waals surface area contributed by atoms with Crippen molar-refractivity contribution in [3.63, 3.8) is 0 Å². The molecule has 3 atom stereocenters. The number of piperidine rings is 1. The number of nitrogens with one attached hydrogen (secondary N) is 1. The molecule has 1 aromatic rings. The molecule has 3 aliphatic rings. The van der Waals surface area contributed by atoms with Gasteiger partial charge in [-0.1, -0.05) is 13.8 Å². The molecular weight excluding hydrogens is 616 g/mol. The molecule has 12 nitrogen and oxygen atoms in total. The number of carbonyl (C=O) groups is 4. The molecule has 4 rings (SSSR count). The third kappa shape index (κ3) is 9.40. The summed E-state index contributed by atoms with van der Waals surface area (Å²) in [7, 11) is 1.60. The molecule has 0 aromatic heterocycles. The smallest absolute Gasteiger partial charge is 0.410 e. The van der Waals surface area contributed by atoms with Crippen molar-refractivity contribution >= 4 is 35.2 Å². The van der Waals surface area contributed by atoms with Gasteiger partial charge >= 0.3 is 6.09 Å². The van der Waals surface area contributed by atoms with Crippen LogP contribution in [-0.2, 0) is 28.6 Å². The molecule has 268 valence electrons. The molecule has 2 aliphatic heterocycles. The molecule has 1 saturated heterocycles. The Balaban J connectivity index is 1.64. The second-order valence-corrected chi connectivity index (χ2v) is 15.2. The molecule has 1 saturated carbocycles. The zero-order chi connectivity index (χ0) is 35.4. The summed E-state index contributed by atoms with van der Waals surface area (Å²) in [4.78, 5) is 60.1. The first kappa shape index (κ1) is 37.4. The van der Waals surface area contributed by atoms with Crippen molar-refractivity contribution in [1.82, 2.24) is 10.2 Å². The van der Waals surface area contributed by atoms with Crippen LogP contribution in [-0.4, -0.2) is 98.6 Å². The number of hydrogen-bond acceptors (Lipinski definition) is 8. The minimum Gasteiger partial charge on any atom is -0.476 e. The van der Waals surface area contributed by atoms with Crippen LogP contribution in [0, 0.1) is 17.8 Å². The molecule has 0 spiro atoms. The summed E-state index contributed by atoms with van der Waals surface area (Å²) in [6.45, 7) is 16.8. The van der Waals surface area contributed by atoms with Crippen LogP contribution in [0.25, 0.3) is 0 Å². The predicted molar refractivity (Wildman–Crippen MR) is 183 cm³/mol. The monoisotopic (exact) mass is 672 g/mol. The highest BCUT2D eigenvalue weighted by Gasteiger charge is 2.45. The van der Waals surface area contributed by atoms with Crippen LogP contribution in [0.2, 0.25) is 0 Å². The number of anilines is 2. The summed E-state index contributed by atoms with van der Waals surface area (Å²) in [6, 6.07) is 5.29. The lowest BCUT2D eigenvalue weighted by Crippen LogP contribution is -2.55. The van der Waals surface area contributed by atoms with Crippen LogP contribution in [0.4, 0.5) is 16.2 Å². The van der Waals surface area contributed by atoms with Gasteiger partial charge in [-0.15, -0.1) is 0 Å². The molecule has 4 amide bonds. The van der Waals surface area contributed by atoms with Crippen molar-refractivity contribution in [2.45, 2.75) is 104 Å². The second-order valence-electron chi connectivity index (χ2n) is 15.2. The van der Waals surface area contributed by atoms with E-state index in [1.807, 2.05) is 25.1 Å². The molecule has 1 unspecified atom stereocenters. The standard InChI is InChI=1S/C36H56N4O8/c1-10-46-16-15-39-29-19-28(13-14-30(29)47-36(7,8)33(39)43)40(27-11-12-27)32(42)25-18-24(20-38(21-25)34(44)48-35(4,5)6)31(41)37-26(22-45-9)17-23(2)3/h13-14,19,23-27H,10-12,15-18,20-22H2,1-9H3,(H,37,41)/t24-,25+,26?/m0/s1. The van der Waals surface area contributed by atoms with Gasteiger partial charge in [0.05, 0.1) is 36.8 Å². The Kier molecular flexibility index (Phi) is 12.0. The Bertz CT molecular complexity index is 1320. The van der Waals surface area contributed by atoms with Gasteiger partial charge in [0, 0.05) is 45.1 Å². The Hall–Kier alpha value is -3.38. The van der Waals surface area contributed by atoms with Crippen LogP contribution >= 0.6 is 0 Å². The molecule has 2 fully saturated rings. The molecule has 0 bridgehead atoms. The Morgan fingerprint density at radius 1 is 1.12 bits per heavy atom. The second kappa shape index (κ2) is 15.4. The van der Waals surface area contributed by atoms with Crippen molar-refractivity contribution in [1.29, 1.82) is 0 Å².